The molecule has 1 fully saturated rings. The van der Waals surface area contributed by atoms with Crippen LogP contribution in [0.4, 0.5) is 14.9 Å². The Morgan fingerprint density at radius 1 is 1.07 bits per heavy atom. The van der Waals surface area contributed by atoms with E-state index in [1.807, 2.05) is 73.7 Å². The third-order valence-electron chi connectivity index (χ3n) is 7.00. The zero-order valence-electron chi connectivity index (χ0n) is 23.6. The summed E-state index contributed by atoms with van der Waals surface area (Å²) in [7, 11) is 0. The number of anilines is 1. The van der Waals surface area contributed by atoms with Crippen LogP contribution in [0.5, 0.6) is 0 Å². The summed E-state index contributed by atoms with van der Waals surface area (Å²) in [5.74, 6) is -0.958. The number of carbonyl (C=O) groups excluding carboxylic acids is 2. The van der Waals surface area contributed by atoms with Crippen molar-refractivity contribution in [3.63, 3.8) is 0 Å². The molecule has 1 aliphatic rings. The number of nitrogens with one attached hydrogen (secondary N) is 1. The van der Waals surface area contributed by atoms with Gasteiger partial charge >= 0.3 is 6.09 Å². The van der Waals surface area contributed by atoms with Crippen LogP contribution in [0, 0.1) is 11.7 Å². The summed E-state index contributed by atoms with van der Waals surface area (Å²) in [6, 6.07) is 23.7. The van der Waals surface area contributed by atoms with Crippen LogP contribution in [-0.2, 0) is 20.9 Å². The van der Waals surface area contributed by atoms with Gasteiger partial charge in [0.1, 0.15) is 30.8 Å². The standard InChI is InChI=1S/C35H35FN2O4/c1-4-12-31(34(39)38-32(24-42-35(38)40)27-15-10-7-11-16-27)33(37-29-20-18-28(36)19-21-29)25(3)17-22-30(5-2)41-23-26-13-8-6-9-14-26/h4-11,13-22,31-33,37H,1,3,12,23-24H2,2H3/b22-17-,30-5+/t31-,32-,33-/m1/s1. The lowest BCUT2D eigenvalue weighted by molar-refractivity contribution is -0.133. The Balaban J connectivity index is 1.62. The summed E-state index contributed by atoms with van der Waals surface area (Å²) in [5.41, 5.74) is 2.98. The van der Waals surface area contributed by atoms with Crippen LogP contribution < -0.4 is 5.32 Å². The highest BCUT2D eigenvalue weighted by atomic mass is 19.1. The van der Waals surface area contributed by atoms with E-state index in [-0.39, 0.29) is 18.8 Å². The molecule has 1 heterocycles. The molecular formula is C35H35FN2O4. The molecule has 0 bridgehead atoms. The maximum atomic E-state index is 14.1. The molecule has 3 atom stereocenters. The Bertz CT molecular complexity index is 1430. The maximum absolute atomic E-state index is 14.1. The van der Waals surface area contributed by atoms with Crippen molar-refractivity contribution < 1.29 is 23.5 Å². The fourth-order valence-electron chi connectivity index (χ4n) is 4.76. The van der Waals surface area contributed by atoms with Crippen molar-refractivity contribution in [1.29, 1.82) is 0 Å². The molecule has 2 amide bonds. The van der Waals surface area contributed by atoms with Crippen molar-refractivity contribution in [2.75, 3.05) is 11.9 Å². The molecule has 0 unspecified atom stereocenters. The summed E-state index contributed by atoms with van der Waals surface area (Å²) in [6.45, 7) is 10.5. The van der Waals surface area contributed by atoms with Crippen molar-refractivity contribution in [1.82, 2.24) is 4.90 Å². The average Bonchev–Trinajstić information content (AvgIpc) is 3.41. The first kappa shape index (κ1) is 30.1. The predicted molar refractivity (Wildman–Crippen MR) is 163 cm³/mol. The molecule has 0 aromatic heterocycles. The SMILES string of the molecule is C=CC[C@@H](C(=O)N1C(=O)OC[C@@H]1c1ccccc1)[C@H](Nc1ccc(F)cc1)C(=C)/C=C\C(=C/C)OCc1ccccc1. The second-order valence-electron chi connectivity index (χ2n) is 9.84. The first-order chi connectivity index (χ1) is 20.4. The summed E-state index contributed by atoms with van der Waals surface area (Å²) in [4.78, 5) is 28.2. The van der Waals surface area contributed by atoms with E-state index in [0.29, 0.717) is 23.6 Å². The predicted octanol–water partition coefficient (Wildman–Crippen LogP) is 7.75. The summed E-state index contributed by atoms with van der Waals surface area (Å²) in [5, 5.41) is 3.34. The number of hydrogen-bond donors (Lipinski definition) is 1. The van der Waals surface area contributed by atoms with E-state index in [9.17, 15) is 14.0 Å². The molecule has 1 aliphatic heterocycles. The maximum Gasteiger partial charge on any atom is 0.417 e. The Labute approximate surface area is 246 Å². The van der Waals surface area contributed by atoms with Gasteiger partial charge in [-0.1, -0.05) is 79.4 Å². The summed E-state index contributed by atoms with van der Waals surface area (Å²) in [6.07, 6.45) is 6.59. The number of amides is 2. The largest absolute Gasteiger partial charge is 0.489 e. The van der Waals surface area contributed by atoms with Gasteiger partial charge in [-0.2, -0.15) is 0 Å². The van der Waals surface area contributed by atoms with Gasteiger partial charge in [-0.15, -0.1) is 6.58 Å². The van der Waals surface area contributed by atoms with Crippen LogP contribution in [0.25, 0.3) is 0 Å². The van der Waals surface area contributed by atoms with Gasteiger partial charge < -0.3 is 14.8 Å². The lowest BCUT2D eigenvalue weighted by Crippen LogP contribution is -2.45. The number of nitrogens with zero attached hydrogens (tertiary/aromatic N) is 1. The van der Waals surface area contributed by atoms with E-state index in [4.69, 9.17) is 9.47 Å². The van der Waals surface area contributed by atoms with E-state index >= 15 is 0 Å². The molecule has 3 aromatic carbocycles. The minimum absolute atomic E-state index is 0.0652. The Kier molecular flexibility index (Phi) is 10.5. The number of hydrogen-bond acceptors (Lipinski definition) is 5. The minimum atomic E-state index is -0.777. The highest BCUT2D eigenvalue weighted by molar-refractivity contribution is 5.96. The first-order valence-electron chi connectivity index (χ1n) is 13.8. The molecule has 7 heteroatoms. The van der Waals surface area contributed by atoms with E-state index in [0.717, 1.165) is 11.1 Å². The highest BCUT2D eigenvalue weighted by Gasteiger charge is 2.43. The van der Waals surface area contributed by atoms with Crippen LogP contribution in [0.2, 0.25) is 0 Å². The third-order valence-corrected chi connectivity index (χ3v) is 7.00. The van der Waals surface area contributed by atoms with Gasteiger partial charge in [0.2, 0.25) is 5.91 Å². The molecule has 0 radical (unpaired) electrons. The number of ether oxygens (including phenoxy) is 2. The van der Waals surface area contributed by atoms with Gasteiger partial charge in [-0.05, 0) is 66.5 Å². The van der Waals surface area contributed by atoms with Crippen LogP contribution in [-0.4, -0.2) is 29.5 Å². The van der Waals surface area contributed by atoms with Crippen LogP contribution in [0.15, 0.2) is 134 Å². The Hall–Kier alpha value is -4.91. The second kappa shape index (κ2) is 14.6. The monoisotopic (exact) mass is 566 g/mol. The number of halogens is 1. The van der Waals surface area contributed by atoms with Gasteiger partial charge in [0, 0.05) is 5.69 Å². The molecule has 42 heavy (non-hydrogen) atoms. The summed E-state index contributed by atoms with van der Waals surface area (Å²) >= 11 is 0. The van der Waals surface area contributed by atoms with Crippen molar-refractivity contribution in [3.05, 3.63) is 151 Å². The van der Waals surface area contributed by atoms with Crippen molar-refractivity contribution >= 4 is 17.7 Å². The number of allylic oxidation sites excluding steroid dienone is 3. The number of cyclic esters (lactones) is 1. The molecular weight excluding hydrogens is 531 g/mol. The van der Waals surface area contributed by atoms with Crippen LogP contribution in [0.1, 0.15) is 30.5 Å². The van der Waals surface area contributed by atoms with Gasteiger partial charge in [-0.3, -0.25) is 4.79 Å². The van der Waals surface area contributed by atoms with E-state index in [2.05, 4.69) is 18.5 Å². The number of rotatable bonds is 13. The molecule has 0 saturated carbocycles. The Morgan fingerprint density at radius 2 is 1.74 bits per heavy atom. The molecule has 0 aliphatic carbocycles. The highest BCUT2D eigenvalue weighted by Crippen LogP contribution is 2.33. The minimum Gasteiger partial charge on any atom is -0.489 e. The van der Waals surface area contributed by atoms with Crippen LogP contribution in [0.3, 0.4) is 0 Å². The normalized spacial score (nSPS) is 16.5. The molecule has 1 N–H and O–H groups in total. The van der Waals surface area contributed by atoms with Crippen molar-refractivity contribution in [2.45, 2.75) is 32.0 Å². The van der Waals surface area contributed by atoms with Crippen molar-refractivity contribution in [2.24, 2.45) is 5.92 Å². The first-order valence-corrected chi connectivity index (χ1v) is 13.8. The topological polar surface area (TPSA) is 67.9 Å². The fourth-order valence-corrected chi connectivity index (χ4v) is 4.76. The number of carbonyl (C=O) groups is 2. The number of benzene rings is 3. The zero-order chi connectivity index (χ0) is 29.9. The van der Waals surface area contributed by atoms with Gasteiger partial charge in [0.15, 0.2) is 0 Å². The van der Waals surface area contributed by atoms with Crippen molar-refractivity contribution in [3.8, 4) is 0 Å². The zero-order valence-corrected chi connectivity index (χ0v) is 23.6. The quantitative estimate of drug-likeness (QED) is 0.130. The molecule has 216 valence electrons. The lowest BCUT2D eigenvalue weighted by Gasteiger charge is -2.31. The van der Waals surface area contributed by atoms with E-state index in [1.54, 1.807) is 30.4 Å². The molecule has 6 nitrogen and oxygen atoms in total. The van der Waals surface area contributed by atoms with E-state index < -0.39 is 30.0 Å². The van der Waals surface area contributed by atoms with Gasteiger partial charge in [0.05, 0.1) is 12.0 Å². The van der Waals surface area contributed by atoms with Gasteiger partial charge in [-0.25, -0.2) is 14.1 Å². The average molecular weight is 567 g/mol. The molecule has 3 aromatic rings. The fraction of sp³-hybridized carbons (Fsp3) is 0.200. The third kappa shape index (κ3) is 7.63. The number of imide groups is 1. The van der Waals surface area contributed by atoms with E-state index in [1.165, 1.54) is 17.0 Å². The second-order valence-corrected chi connectivity index (χ2v) is 9.84. The summed E-state index contributed by atoms with van der Waals surface area (Å²) < 4.78 is 25.0. The smallest absolute Gasteiger partial charge is 0.417 e. The lowest BCUT2D eigenvalue weighted by atomic mass is 9.88. The molecule has 1 saturated heterocycles. The molecule has 4 rings (SSSR count). The van der Waals surface area contributed by atoms with Gasteiger partial charge in [0.25, 0.3) is 0 Å². The van der Waals surface area contributed by atoms with Crippen LogP contribution >= 0.6 is 0 Å². The Morgan fingerprint density at radius 3 is 2.38 bits per heavy atom. The molecule has 0 spiro atoms.